The molecule has 0 spiro atoms. The van der Waals surface area contributed by atoms with Crippen molar-refractivity contribution < 1.29 is 4.39 Å². The van der Waals surface area contributed by atoms with Crippen LogP contribution < -0.4 is 10.6 Å². The number of benzene rings is 1. The summed E-state index contributed by atoms with van der Waals surface area (Å²) >= 11 is 0. The van der Waals surface area contributed by atoms with Crippen molar-refractivity contribution in [3.8, 4) is 0 Å². The van der Waals surface area contributed by atoms with Crippen molar-refractivity contribution in [1.29, 1.82) is 0 Å². The van der Waals surface area contributed by atoms with Crippen LogP contribution in [-0.2, 0) is 6.42 Å². The number of hydrogen-bond donors (Lipinski definition) is 3. The van der Waals surface area contributed by atoms with Crippen molar-refractivity contribution in [2.24, 2.45) is 4.99 Å². The van der Waals surface area contributed by atoms with Gasteiger partial charge in [-0.15, -0.1) is 24.0 Å². The lowest BCUT2D eigenvalue weighted by atomic mass is 10.1. The van der Waals surface area contributed by atoms with Crippen LogP contribution in [0.4, 0.5) is 4.39 Å². The summed E-state index contributed by atoms with van der Waals surface area (Å²) in [5, 5.41) is 7.85. The molecule has 29 heavy (non-hydrogen) atoms. The van der Waals surface area contributed by atoms with Gasteiger partial charge in [-0.2, -0.15) is 0 Å². The Balaban J connectivity index is 0.00000300. The maximum atomic E-state index is 13.3. The summed E-state index contributed by atoms with van der Waals surface area (Å²) in [7, 11) is 4.00. The van der Waals surface area contributed by atoms with Crippen molar-refractivity contribution in [1.82, 2.24) is 25.4 Å². The lowest BCUT2D eigenvalue weighted by molar-refractivity contribution is 0.274. The minimum Gasteiger partial charge on any atom is -0.361 e. The van der Waals surface area contributed by atoms with E-state index in [0.717, 1.165) is 62.4 Å². The second-order valence-electron chi connectivity index (χ2n) is 7.53. The number of nitrogens with zero attached hydrogens (tertiary/aromatic N) is 3. The van der Waals surface area contributed by atoms with Crippen LogP contribution in [-0.4, -0.2) is 80.7 Å². The van der Waals surface area contributed by atoms with E-state index >= 15 is 0 Å². The van der Waals surface area contributed by atoms with E-state index in [0.29, 0.717) is 0 Å². The molecular formula is C21H34FIN6. The first-order valence-electron chi connectivity index (χ1n) is 10.3. The molecule has 1 aliphatic rings. The minimum atomic E-state index is -0.212. The molecule has 1 fully saturated rings. The SMILES string of the molecule is CN=C(NCCCN1CCCN(C)CC1)NCCc1c[nH]c2cc(F)ccc12.I. The minimum absolute atomic E-state index is 0. The van der Waals surface area contributed by atoms with Gasteiger partial charge in [-0.25, -0.2) is 4.39 Å². The van der Waals surface area contributed by atoms with Crippen LogP contribution >= 0.6 is 24.0 Å². The van der Waals surface area contributed by atoms with E-state index < -0.39 is 0 Å². The van der Waals surface area contributed by atoms with Crippen molar-refractivity contribution in [3.63, 3.8) is 0 Å². The smallest absolute Gasteiger partial charge is 0.190 e. The molecule has 3 rings (SSSR count). The van der Waals surface area contributed by atoms with Gasteiger partial charge in [-0.3, -0.25) is 4.99 Å². The van der Waals surface area contributed by atoms with Crippen molar-refractivity contribution in [2.75, 3.05) is 59.9 Å². The second kappa shape index (κ2) is 12.3. The van der Waals surface area contributed by atoms with Gasteiger partial charge in [0.15, 0.2) is 5.96 Å². The largest absolute Gasteiger partial charge is 0.361 e. The molecule has 0 aliphatic carbocycles. The third kappa shape index (κ3) is 7.42. The molecule has 162 valence electrons. The molecule has 1 aromatic heterocycles. The van der Waals surface area contributed by atoms with E-state index in [-0.39, 0.29) is 29.8 Å². The molecule has 1 aliphatic heterocycles. The van der Waals surface area contributed by atoms with Gasteiger partial charge in [0.2, 0.25) is 0 Å². The summed E-state index contributed by atoms with van der Waals surface area (Å²) in [5.41, 5.74) is 2.03. The van der Waals surface area contributed by atoms with Crippen LogP contribution in [0.25, 0.3) is 10.9 Å². The number of hydrogen-bond acceptors (Lipinski definition) is 3. The van der Waals surface area contributed by atoms with E-state index in [1.54, 1.807) is 7.05 Å². The average molecular weight is 516 g/mol. The number of aromatic amines is 1. The second-order valence-corrected chi connectivity index (χ2v) is 7.53. The first-order chi connectivity index (χ1) is 13.7. The number of fused-ring (bicyclic) bond motifs is 1. The summed E-state index contributed by atoms with van der Waals surface area (Å²) < 4.78 is 13.3. The van der Waals surface area contributed by atoms with Gasteiger partial charge < -0.3 is 25.4 Å². The quantitative estimate of drug-likeness (QED) is 0.229. The Morgan fingerprint density at radius 3 is 2.83 bits per heavy atom. The predicted molar refractivity (Wildman–Crippen MR) is 130 cm³/mol. The molecule has 0 saturated carbocycles. The summed E-state index contributed by atoms with van der Waals surface area (Å²) in [6, 6.07) is 4.88. The van der Waals surface area contributed by atoms with E-state index in [1.807, 2.05) is 12.3 Å². The van der Waals surface area contributed by atoms with Gasteiger partial charge >= 0.3 is 0 Å². The van der Waals surface area contributed by atoms with Crippen LogP contribution in [0.15, 0.2) is 29.4 Å². The monoisotopic (exact) mass is 516 g/mol. The number of H-pyrrole nitrogens is 1. The molecule has 2 heterocycles. The highest BCUT2D eigenvalue weighted by molar-refractivity contribution is 14.0. The number of halogens is 2. The Bertz CT molecular complexity index is 778. The topological polar surface area (TPSA) is 58.7 Å². The summed E-state index contributed by atoms with van der Waals surface area (Å²) in [6.07, 6.45) is 5.18. The third-order valence-corrected chi connectivity index (χ3v) is 5.40. The van der Waals surface area contributed by atoms with Gasteiger partial charge in [-0.05, 0) is 69.7 Å². The van der Waals surface area contributed by atoms with Gasteiger partial charge in [0.25, 0.3) is 0 Å². The van der Waals surface area contributed by atoms with E-state index in [1.165, 1.54) is 37.2 Å². The van der Waals surface area contributed by atoms with E-state index in [2.05, 4.69) is 37.5 Å². The van der Waals surface area contributed by atoms with Gasteiger partial charge in [0, 0.05) is 50.3 Å². The Morgan fingerprint density at radius 1 is 1.17 bits per heavy atom. The molecule has 0 amide bonds. The molecule has 3 N–H and O–H groups in total. The molecule has 0 atom stereocenters. The zero-order valence-electron chi connectivity index (χ0n) is 17.5. The number of rotatable bonds is 7. The highest BCUT2D eigenvalue weighted by Gasteiger charge is 2.11. The third-order valence-electron chi connectivity index (χ3n) is 5.40. The molecule has 8 heteroatoms. The Kier molecular flexibility index (Phi) is 10.2. The molecule has 1 aromatic carbocycles. The zero-order chi connectivity index (χ0) is 19.8. The lowest BCUT2D eigenvalue weighted by Crippen LogP contribution is -2.39. The number of aliphatic imine (C=N–C) groups is 1. The fraction of sp³-hybridized carbons (Fsp3) is 0.571. The number of likely N-dealkylation sites (N-methyl/N-ethyl adjacent to an activating group) is 1. The number of aromatic nitrogens is 1. The van der Waals surface area contributed by atoms with Gasteiger partial charge in [-0.1, -0.05) is 0 Å². The highest BCUT2D eigenvalue weighted by atomic mass is 127. The predicted octanol–water partition coefficient (Wildman–Crippen LogP) is 2.66. The summed E-state index contributed by atoms with van der Waals surface area (Å²) in [4.78, 5) is 12.4. The maximum absolute atomic E-state index is 13.3. The summed E-state index contributed by atoms with van der Waals surface area (Å²) in [6.45, 7) is 7.56. The first-order valence-corrected chi connectivity index (χ1v) is 10.3. The van der Waals surface area contributed by atoms with Crippen molar-refractivity contribution >= 4 is 40.8 Å². The molecule has 0 radical (unpaired) electrons. The van der Waals surface area contributed by atoms with Gasteiger partial charge in [0.05, 0.1) is 0 Å². The van der Waals surface area contributed by atoms with E-state index in [9.17, 15) is 4.39 Å². The zero-order valence-corrected chi connectivity index (χ0v) is 19.8. The molecule has 1 saturated heterocycles. The highest BCUT2D eigenvalue weighted by Crippen LogP contribution is 2.19. The Hall–Kier alpha value is -1.39. The van der Waals surface area contributed by atoms with Crippen LogP contribution in [0.1, 0.15) is 18.4 Å². The van der Waals surface area contributed by atoms with Crippen LogP contribution in [0.3, 0.4) is 0 Å². The maximum Gasteiger partial charge on any atom is 0.190 e. The fourth-order valence-corrected chi connectivity index (χ4v) is 3.73. The van der Waals surface area contributed by atoms with Crippen LogP contribution in [0.5, 0.6) is 0 Å². The van der Waals surface area contributed by atoms with Crippen LogP contribution in [0.2, 0.25) is 0 Å². The number of guanidine groups is 1. The van der Waals surface area contributed by atoms with Gasteiger partial charge in [0.1, 0.15) is 5.82 Å². The Labute approximate surface area is 190 Å². The molecule has 0 bridgehead atoms. The normalized spacial score (nSPS) is 16.4. The van der Waals surface area contributed by atoms with Crippen molar-refractivity contribution in [3.05, 3.63) is 35.8 Å². The number of nitrogens with one attached hydrogen (secondary N) is 3. The standard InChI is InChI=1S/C21H33FN6.HI/c1-23-21(24-8-3-11-28-12-4-10-27(2)13-14-28)25-9-7-17-16-26-20-15-18(22)5-6-19(17)20;/h5-6,15-16,26H,3-4,7-14H2,1-2H3,(H2,23,24,25);1H. The average Bonchev–Trinajstić information content (AvgIpc) is 2.96. The Morgan fingerprint density at radius 2 is 2.00 bits per heavy atom. The van der Waals surface area contributed by atoms with E-state index in [4.69, 9.17) is 0 Å². The van der Waals surface area contributed by atoms with Crippen LogP contribution in [0, 0.1) is 5.82 Å². The molecule has 0 unspecified atom stereocenters. The summed E-state index contributed by atoms with van der Waals surface area (Å²) in [5.74, 6) is 0.623. The molecule has 2 aromatic rings. The molecular weight excluding hydrogens is 482 g/mol. The van der Waals surface area contributed by atoms with Crippen molar-refractivity contribution in [2.45, 2.75) is 19.3 Å². The fourth-order valence-electron chi connectivity index (χ4n) is 3.73. The first kappa shape index (κ1) is 23.9. The molecule has 6 nitrogen and oxygen atoms in total. The lowest BCUT2D eigenvalue weighted by Gasteiger charge is -2.20.